The monoisotopic (exact) mass is 293 g/mol. The summed E-state index contributed by atoms with van der Waals surface area (Å²) in [6.45, 7) is 2.04. The molecule has 0 bridgehead atoms. The number of fused-ring (bicyclic) bond motifs is 1. The van der Waals surface area contributed by atoms with E-state index in [9.17, 15) is 8.78 Å². The van der Waals surface area contributed by atoms with Crippen LogP contribution in [0.25, 0.3) is 0 Å². The second-order valence-electron chi connectivity index (χ2n) is 6.88. The zero-order valence-electron chi connectivity index (χ0n) is 12.7. The highest BCUT2D eigenvalue weighted by molar-refractivity contribution is 5.21. The molecule has 2 aliphatic rings. The highest BCUT2D eigenvalue weighted by Crippen LogP contribution is 2.40. The molecule has 2 fully saturated rings. The van der Waals surface area contributed by atoms with Crippen LogP contribution in [0.2, 0.25) is 0 Å². The molecule has 1 aromatic carbocycles. The molecule has 0 heterocycles. The molecule has 0 radical (unpaired) electrons. The Morgan fingerprint density at radius 3 is 2.52 bits per heavy atom. The molecular formula is C18H25F2N. The quantitative estimate of drug-likeness (QED) is 0.829. The van der Waals surface area contributed by atoms with Crippen LogP contribution in [0.1, 0.15) is 63.5 Å². The third-order valence-corrected chi connectivity index (χ3v) is 5.47. The van der Waals surface area contributed by atoms with Crippen molar-refractivity contribution in [3.63, 3.8) is 0 Å². The Morgan fingerprint density at radius 2 is 1.76 bits per heavy atom. The summed E-state index contributed by atoms with van der Waals surface area (Å²) in [4.78, 5) is 0. The molecule has 0 aromatic heterocycles. The van der Waals surface area contributed by atoms with Crippen LogP contribution >= 0.6 is 0 Å². The minimum absolute atomic E-state index is 0.0743. The van der Waals surface area contributed by atoms with Gasteiger partial charge in [0.15, 0.2) is 11.6 Å². The van der Waals surface area contributed by atoms with E-state index in [0.717, 1.165) is 17.4 Å². The van der Waals surface area contributed by atoms with Gasteiger partial charge in [-0.1, -0.05) is 31.7 Å². The lowest BCUT2D eigenvalue weighted by Gasteiger charge is -2.40. The van der Waals surface area contributed by atoms with E-state index in [-0.39, 0.29) is 6.04 Å². The highest BCUT2D eigenvalue weighted by atomic mass is 19.2. The Morgan fingerprint density at radius 1 is 1.00 bits per heavy atom. The van der Waals surface area contributed by atoms with Gasteiger partial charge < -0.3 is 5.32 Å². The highest BCUT2D eigenvalue weighted by Gasteiger charge is 2.32. The van der Waals surface area contributed by atoms with Crippen molar-refractivity contribution in [2.75, 3.05) is 0 Å². The largest absolute Gasteiger partial charge is 0.307 e. The number of nitrogens with one attached hydrogen (secondary N) is 1. The normalized spacial score (nSPS) is 30.7. The van der Waals surface area contributed by atoms with Crippen molar-refractivity contribution in [3.05, 3.63) is 35.4 Å². The van der Waals surface area contributed by atoms with Crippen LogP contribution < -0.4 is 5.32 Å². The van der Waals surface area contributed by atoms with Gasteiger partial charge in [0.1, 0.15) is 0 Å². The maximum atomic E-state index is 13.3. The Labute approximate surface area is 126 Å². The van der Waals surface area contributed by atoms with Crippen molar-refractivity contribution >= 4 is 0 Å². The zero-order chi connectivity index (χ0) is 14.8. The van der Waals surface area contributed by atoms with E-state index in [2.05, 4.69) is 5.32 Å². The second-order valence-corrected chi connectivity index (χ2v) is 6.88. The predicted octanol–water partition coefficient (Wildman–Crippen LogP) is 4.97. The summed E-state index contributed by atoms with van der Waals surface area (Å²) in [6.07, 6.45) is 9.37. The lowest BCUT2D eigenvalue weighted by atomic mass is 9.69. The number of halogens is 2. The first-order valence-electron chi connectivity index (χ1n) is 8.34. The fourth-order valence-electron chi connectivity index (χ4n) is 4.26. The first-order valence-corrected chi connectivity index (χ1v) is 8.34. The molecule has 2 aliphatic carbocycles. The fraction of sp³-hybridized carbons (Fsp3) is 0.667. The maximum Gasteiger partial charge on any atom is 0.159 e. The number of hydrogen-bond donors (Lipinski definition) is 1. The number of benzene rings is 1. The van der Waals surface area contributed by atoms with E-state index in [4.69, 9.17) is 0 Å². The molecular weight excluding hydrogens is 268 g/mol. The molecule has 0 saturated heterocycles. The molecule has 3 rings (SSSR count). The van der Waals surface area contributed by atoms with Crippen LogP contribution in [0.5, 0.6) is 0 Å². The van der Waals surface area contributed by atoms with Crippen molar-refractivity contribution in [1.82, 2.24) is 5.32 Å². The molecule has 2 saturated carbocycles. The summed E-state index contributed by atoms with van der Waals surface area (Å²) in [7, 11) is 0. The SMILES string of the molecule is CC(NC1CCC2CCCCC2C1)c1ccc(F)c(F)c1. The summed E-state index contributed by atoms with van der Waals surface area (Å²) in [6, 6.07) is 4.82. The van der Waals surface area contributed by atoms with Crippen LogP contribution in [0.3, 0.4) is 0 Å². The van der Waals surface area contributed by atoms with Gasteiger partial charge in [0.25, 0.3) is 0 Å². The molecule has 4 unspecified atom stereocenters. The summed E-state index contributed by atoms with van der Waals surface area (Å²) in [5, 5.41) is 3.63. The van der Waals surface area contributed by atoms with Gasteiger partial charge in [-0.25, -0.2) is 8.78 Å². The molecule has 3 heteroatoms. The van der Waals surface area contributed by atoms with Crippen LogP contribution in [0.4, 0.5) is 8.78 Å². The summed E-state index contributed by atoms with van der Waals surface area (Å²) in [5.74, 6) is 0.295. The first kappa shape index (κ1) is 15.0. The van der Waals surface area contributed by atoms with Gasteiger partial charge in [0.05, 0.1) is 0 Å². The smallest absolute Gasteiger partial charge is 0.159 e. The van der Waals surface area contributed by atoms with E-state index in [1.807, 2.05) is 6.92 Å². The van der Waals surface area contributed by atoms with Gasteiger partial charge >= 0.3 is 0 Å². The molecule has 1 nitrogen and oxygen atoms in total. The van der Waals surface area contributed by atoms with Crippen molar-refractivity contribution in [2.24, 2.45) is 11.8 Å². The third-order valence-electron chi connectivity index (χ3n) is 5.47. The predicted molar refractivity (Wildman–Crippen MR) is 81.0 cm³/mol. The Hall–Kier alpha value is -0.960. The summed E-state index contributed by atoms with van der Waals surface area (Å²) >= 11 is 0. The van der Waals surface area contributed by atoms with E-state index >= 15 is 0 Å². The molecule has 0 spiro atoms. The van der Waals surface area contributed by atoms with Crippen molar-refractivity contribution in [1.29, 1.82) is 0 Å². The van der Waals surface area contributed by atoms with E-state index in [0.29, 0.717) is 6.04 Å². The Bertz CT molecular complexity index is 488. The minimum Gasteiger partial charge on any atom is -0.307 e. The van der Waals surface area contributed by atoms with Crippen molar-refractivity contribution in [3.8, 4) is 0 Å². The third kappa shape index (κ3) is 3.45. The number of hydrogen-bond acceptors (Lipinski definition) is 1. The van der Waals surface area contributed by atoms with Gasteiger partial charge in [-0.15, -0.1) is 0 Å². The second kappa shape index (κ2) is 6.43. The lowest BCUT2D eigenvalue weighted by Crippen LogP contribution is -2.39. The fourth-order valence-corrected chi connectivity index (χ4v) is 4.26. The standard InChI is InChI=1S/C18H25F2N/c1-12(14-7-9-17(19)18(20)11-14)21-16-8-6-13-4-2-3-5-15(13)10-16/h7,9,11-13,15-16,21H,2-6,8,10H2,1H3. The molecule has 0 aliphatic heterocycles. The molecule has 0 amide bonds. The zero-order valence-corrected chi connectivity index (χ0v) is 12.7. The van der Waals surface area contributed by atoms with E-state index < -0.39 is 11.6 Å². The average Bonchev–Trinajstić information content (AvgIpc) is 2.50. The number of rotatable bonds is 3. The van der Waals surface area contributed by atoms with Crippen LogP contribution in [-0.2, 0) is 0 Å². The summed E-state index contributed by atoms with van der Waals surface area (Å²) < 4.78 is 26.3. The van der Waals surface area contributed by atoms with Crippen LogP contribution in [-0.4, -0.2) is 6.04 Å². The van der Waals surface area contributed by atoms with Gasteiger partial charge in [-0.3, -0.25) is 0 Å². The average molecular weight is 293 g/mol. The molecule has 4 atom stereocenters. The van der Waals surface area contributed by atoms with Gasteiger partial charge in [0.2, 0.25) is 0 Å². The van der Waals surface area contributed by atoms with Gasteiger partial charge in [-0.2, -0.15) is 0 Å². The molecule has 116 valence electrons. The molecule has 1 N–H and O–H groups in total. The van der Waals surface area contributed by atoms with E-state index in [1.165, 1.54) is 57.1 Å². The first-order chi connectivity index (χ1) is 10.1. The topological polar surface area (TPSA) is 12.0 Å². The maximum absolute atomic E-state index is 13.3. The molecule has 21 heavy (non-hydrogen) atoms. The van der Waals surface area contributed by atoms with Crippen LogP contribution in [0.15, 0.2) is 18.2 Å². The van der Waals surface area contributed by atoms with E-state index in [1.54, 1.807) is 6.07 Å². The lowest BCUT2D eigenvalue weighted by molar-refractivity contribution is 0.139. The van der Waals surface area contributed by atoms with Crippen molar-refractivity contribution in [2.45, 2.75) is 64.0 Å². The van der Waals surface area contributed by atoms with Gasteiger partial charge in [-0.05, 0) is 55.7 Å². The van der Waals surface area contributed by atoms with Gasteiger partial charge in [0, 0.05) is 12.1 Å². The minimum atomic E-state index is -0.770. The van der Waals surface area contributed by atoms with Crippen molar-refractivity contribution < 1.29 is 8.78 Å². The van der Waals surface area contributed by atoms with Crippen LogP contribution in [0, 0.1) is 23.5 Å². The summed E-state index contributed by atoms with van der Waals surface area (Å²) in [5.41, 5.74) is 0.833. The molecule has 1 aromatic rings. The Balaban J connectivity index is 1.59. The Kier molecular flexibility index (Phi) is 4.58.